The number of hydrogen-bond acceptors (Lipinski definition) is 5. The van der Waals surface area contributed by atoms with Gasteiger partial charge in [-0.15, -0.1) is 0 Å². The Hall–Kier alpha value is -1.23. The van der Waals surface area contributed by atoms with E-state index in [1.807, 2.05) is 0 Å². The lowest BCUT2D eigenvalue weighted by Gasteiger charge is -2.28. The predicted octanol–water partition coefficient (Wildman–Crippen LogP) is 0.714. The van der Waals surface area contributed by atoms with Gasteiger partial charge in [-0.2, -0.15) is 0 Å². The van der Waals surface area contributed by atoms with Gasteiger partial charge < -0.3 is 9.47 Å². The molecule has 84 valence electrons. The molecule has 0 aliphatic carbocycles. The zero-order chi connectivity index (χ0) is 11.1. The monoisotopic (exact) mass is 234 g/mol. The van der Waals surface area contributed by atoms with Crippen molar-refractivity contribution < 1.29 is 23.6 Å². The SMILES string of the molecule is CP(=O)(N1CCOC1=O)N1CCOC1=O. The van der Waals surface area contributed by atoms with Crippen molar-refractivity contribution in [3.05, 3.63) is 0 Å². The van der Waals surface area contributed by atoms with E-state index in [9.17, 15) is 14.2 Å². The fourth-order valence-corrected chi connectivity index (χ4v) is 3.46. The second kappa shape index (κ2) is 3.41. The third kappa shape index (κ3) is 1.56. The van der Waals surface area contributed by atoms with Crippen LogP contribution in [0.2, 0.25) is 0 Å². The van der Waals surface area contributed by atoms with Gasteiger partial charge in [0.1, 0.15) is 13.2 Å². The molecule has 7 nitrogen and oxygen atoms in total. The van der Waals surface area contributed by atoms with Crippen LogP contribution in [0.25, 0.3) is 0 Å². The van der Waals surface area contributed by atoms with Crippen LogP contribution < -0.4 is 0 Å². The summed E-state index contributed by atoms with van der Waals surface area (Å²) in [5.74, 6) is 0. The minimum atomic E-state index is -3.18. The fraction of sp³-hybridized carbons (Fsp3) is 0.714. The predicted molar refractivity (Wildman–Crippen MR) is 49.6 cm³/mol. The molecule has 2 amide bonds. The zero-order valence-electron chi connectivity index (χ0n) is 8.21. The van der Waals surface area contributed by atoms with Crippen molar-refractivity contribution in [3.8, 4) is 0 Å². The minimum absolute atomic E-state index is 0.208. The van der Waals surface area contributed by atoms with Crippen LogP contribution in [0, 0.1) is 0 Å². The van der Waals surface area contributed by atoms with Crippen molar-refractivity contribution in [2.24, 2.45) is 0 Å². The first kappa shape index (κ1) is 10.3. The number of carbonyl (C=O) groups is 2. The van der Waals surface area contributed by atoms with E-state index in [0.29, 0.717) is 0 Å². The summed E-state index contributed by atoms with van der Waals surface area (Å²) in [4.78, 5) is 22.5. The molecule has 2 saturated heterocycles. The maximum atomic E-state index is 12.3. The number of carbonyl (C=O) groups excluding carboxylic acids is 2. The summed E-state index contributed by atoms with van der Waals surface area (Å²) in [5.41, 5.74) is 0. The summed E-state index contributed by atoms with van der Waals surface area (Å²) in [6.07, 6.45) is -1.28. The molecule has 0 unspecified atom stereocenters. The molecule has 8 heteroatoms. The molecule has 2 heterocycles. The molecule has 0 atom stereocenters. The summed E-state index contributed by atoms with van der Waals surface area (Å²) in [6.45, 7) is 2.28. The number of ether oxygens (including phenoxy) is 2. The van der Waals surface area contributed by atoms with E-state index < -0.39 is 19.6 Å². The van der Waals surface area contributed by atoms with Gasteiger partial charge in [-0.05, 0) is 0 Å². The Kier molecular flexibility index (Phi) is 2.34. The molecular formula is C7H11N2O5P. The first-order valence-corrected chi connectivity index (χ1v) is 6.56. The third-order valence-electron chi connectivity index (χ3n) is 2.37. The molecule has 2 rings (SSSR count). The molecule has 2 aliphatic rings. The Labute approximate surface area is 86.4 Å². The standard InChI is InChI=1S/C7H11N2O5P/c1-15(12,8-2-4-13-6(8)10)9-3-5-14-7(9)11/h2-5H2,1H3. The smallest absolute Gasteiger partial charge is 0.416 e. The van der Waals surface area contributed by atoms with E-state index in [2.05, 4.69) is 9.47 Å². The molecule has 15 heavy (non-hydrogen) atoms. The van der Waals surface area contributed by atoms with Crippen molar-refractivity contribution in [3.63, 3.8) is 0 Å². The van der Waals surface area contributed by atoms with Gasteiger partial charge in [0.05, 0.1) is 13.1 Å². The van der Waals surface area contributed by atoms with Crippen molar-refractivity contribution in [2.75, 3.05) is 33.0 Å². The Morgan fingerprint density at radius 3 is 1.73 bits per heavy atom. The highest BCUT2D eigenvalue weighted by Crippen LogP contribution is 2.52. The second-order valence-electron chi connectivity index (χ2n) is 3.31. The molecule has 0 aromatic heterocycles. The van der Waals surface area contributed by atoms with Crippen LogP contribution in [0.5, 0.6) is 0 Å². The zero-order valence-corrected chi connectivity index (χ0v) is 9.11. The van der Waals surface area contributed by atoms with E-state index in [1.54, 1.807) is 0 Å². The van der Waals surface area contributed by atoms with E-state index in [-0.39, 0.29) is 26.3 Å². The maximum Gasteiger partial charge on any atom is 0.416 e. The van der Waals surface area contributed by atoms with Gasteiger partial charge in [0.15, 0.2) is 0 Å². The van der Waals surface area contributed by atoms with E-state index in [0.717, 1.165) is 9.34 Å². The largest absolute Gasteiger partial charge is 0.447 e. The van der Waals surface area contributed by atoms with Crippen LogP contribution in [0.1, 0.15) is 0 Å². The highest BCUT2D eigenvalue weighted by molar-refractivity contribution is 7.59. The summed E-state index contributed by atoms with van der Waals surface area (Å²) < 4.78 is 23.8. The summed E-state index contributed by atoms with van der Waals surface area (Å²) >= 11 is 0. The van der Waals surface area contributed by atoms with E-state index in [1.165, 1.54) is 6.66 Å². The number of nitrogens with zero attached hydrogens (tertiary/aromatic N) is 2. The molecule has 2 fully saturated rings. The van der Waals surface area contributed by atoms with Gasteiger partial charge in [0.25, 0.3) is 7.44 Å². The van der Waals surface area contributed by atoms with Gasteiger partial charge in [-0.25, -0.2) is 18.9 Å². The Morgan fingerprint density at radius 2 is 1.47 bits per heavy atom. The molecule has 0 bridgehead atoms. The van der Waals surface area contributed by atoms with Crippen LogP contribution in [0.15, 0.2) is 0 Å². The van der Waals surface area contributed by atoms with Gasteiger partial charge in [-0.1, -0.05) is 0 Å². The summed E-state index contributed by atoms with van der Waals surface area (Å²) in [6, 6.07) is 0. The highest BCUT2D eigenvalue weighted by Gasteiger charge is 2.44. The van der Waals surface area contributed by atoms with Crippen LogP contribution in [-0.4, -0.2) is 54.5 Å². The molecule has 0 saturated carbocycles. The van der Waals surface area contributed by atoms with Gasteiger partial charge in [-0.3, -0.25) is 4.57 Å². The normalized spacial score (nSPS) is 21.9. The molecule has 0 radical (unpaired) electrons. The minimum Gasteiger partial charge on any atom is -0.447 e. The van der Waals surface area contributed by atoms with Crippen molar-refractivity contribution in [2.45, 2.75) is 0 Å². The quantitative estimate of drug-likeness (QED) is 0.658. The summed E-state index contributed by atoms with van der Waals surface area (Å²) in [5, 5.41) is 0. The van der Waals surface area contributed by atoms with Crippen LogP contribution in [0.4, 0.5) is 9.59 Å². The first-order chi connectivity index (χ1) is 7.03. The molecular weight excluding hydrogens is 223 g/mol. The molecule has 0 spiro atoms. The Balaban J connectivity index is 2.22. The molecule has 2 aliphatic heterocycles. The lowest BCUT2D eigenvalue weighted by molar-refractivity contribution is 0.165. The second-order valence-corrected chi connectivity index (χ2v) is 5.95. The van der Waals surface area contributed by atoms with Crippen molar-refractivity contribution in [1.29, 1.82) is 0 Å². The molecule has 0 aromatic carbocycles. The molecule has 0 aromatic rings. The van der Waals surface area contributed by atoms with Gasteiger partial charge in [0.2, 0.25) is 0 Å². The average Bonchev–Trinajstić information content (AvgIpc) is 2.73. The number of cyclic esters (lactones) is 2. The van der Waals surface area contributed by atoms with Crippen molar-refractivity contribution in [1.82, 2.24) is 9.34 Å². The fourth-order valence-electron chi connectivity index (χ4n) is 1.57. The average molecular weight is 234 g/mol. The Morgan fingerprint density at radius 1 is 1.07 bits per heavy atom. The molecule has 0 N–H and O–H groups in total. The summed E-state index contributed by atoms with van der Waals surface area (Å²) in [7, 11) is -3.18. The number of hydrogen-bond donors (Lipinski definition) is 0. The third-order valence-corrected chi connectivity index (χ3v) is 4.89. The number of rotatable bonds is 2. The lowest BCUT2D eigenvalue weighted by Crippen LogP contribution is -2.32. The van der Waals surface area contributed by atoms with Gasteiger partial charge >= 0.3 is 12.2 Å². The van der Waals surface area contributed by atoms with E-state index in [4.69, 9.17) is 0 Å². The highest BCUT2D eigenvalue weighted by atomic mass is 31.2. The van der Waals surface area contributed by atoms with Gasteiger partial charge in [0, 0.05) is 6.66 Å². The van der Waals surface area contributed by atoms with Crippen LogP contribution in [0.3, 0.4) is 0 Å². The number of amides is 2. The van der Waals surface area contributed by atoms with Crippen molar-refractivity contribution >= 4 is 19.6 Å². The first-order valence-electron chi connectivity index (χ1n) is 4.50. The van der Waals surface area contributed by atoms with Crippen LogP contribution in [-0.2, 0) is 14.0 Å². The lowest BCUT2D eigenvalue weighted by atomic mass is 10.7. The topological polar surface area (TPSA) is 76.2 Å². The Bertz CT molecular complexity index is 327. The van der Waals surface area contributed by atoms with Crippen LogP contribution >= 0.6 is 7.44 Å². The van der Waals surface area contributed by atoms with E-state index >= 15 is 0 Å². The maximum absolute atomic E-state index is 12.3.